The number of fused-ring (bicyclic) bond motifs is 3. The number of aliphatic hydroxyl groups excluding tert-OH is 1. The summed E-state index contributed by atoms with van der Waals surface area (Å²) in [6, 6.07) is 1.78. The first-order chi connectivity index (χ1) is 16.9. The van der Waals surface area contributed by atoms with Crippen LogP contribution < -0.4 is 0 Å². The van der Waals surface area contributed by atoms with Gasteiger partial charge in [-0.25, -0.2) is 4.79 Å². The Morgan fingerprint density at radius 2 is 1.89 bits per heavy atom. The molecule has 1 aromatic rings. The maximum atomic E-state index is 14.3. The third-order valence-corrected chi connectivity index (χ3v) is 10.8. The van der Waals surface area contributed by atoms with E-state index in [1.807, 2.05) is 27.7 Å². The molecule has 4 heterocycles. The fourth-order valence-electron chi connectivity index (χ4n) is 9.19. The molecule has 1 aromatic heterocycles. The largest absolute Gasteiger partial charge is 0.472 e. The van der Waals surface area contributed by atoms with Gasteiger partial charge in [-0.2, -0.15) is 0 Å². The van der Waals surface area contributed by atoms with Crippen LogP contribution in [-0.4, -0.2) is 60.0 Å². The van der Waals surface area contributed by atoms with Crippen LogP contribution in [0.5, 0.6) is 0 Å². The summed E-state index contributed by atoms with van der Waals surface area (Å²) in [5.41, 5.74) is -3.75. The van der Waals surface area contributed by atoms with Gasteiger partial charge in [0.15, 0.2) is 6.10 Å². The van der Waals surface area contributed by atoms with Gasteiger partial charge in [-0.15, -0.1) is 0 Å². The lowest BCUT2D eigenvalue weighted by molar-refractivity contribution is -0.218. The second-order valence-corrected chi connectivity index (χ2v) is 12.3. The number of ketones is 1. The zero-order valence-electron chi connectivity index (χ0n) is 21.4. The molecule has 5 fully saturated rings. The fourth-order valence-corrected chi connectivity index (χ4v) is 9.19. The Balaban J connectivity index is 1.52. The average Bonchev–Trinajstić information content (AvgIpc) is 3.33. The minimum atomic E-state index is -1.09. The second-order valence-electron chi connectivity index (χ2n) is 12.3. The SMILES string of the molecule is COC(=O)C[C@@H]1OC(C)(C)[C@@H]2CC(=O)[C@]3(C)[C@H](CC[C@@]4(C)[C@H](c5ccoc5)OC(=O)[C@H]5O[C@]543)[C@@]12CO. The van der Waals surface area contributed by atoms with Crippen molar-refractivity contribution in [2.45, 2.75) is 82.9 Å². The van der Waals surface area contributed by atoms with E-state index in [1.54, 1.807) is 18.6 Å². The van der Waals surface area contributed by atoms with Crippen LogP contribution >= 0.6 is 0 Å². The zero-order chi connectivity index (χ0) is 25.9. The molecule has 1 N–H and O–H groups in total. The molecule has 0 unspecified atom stereocenters. The van der Waals surface area contributed by atoms with E-state index in [9.17, 15) is 19.5 Å². The molecule has 2 aliphatic carbocycles. The van der Waals surface area contributed by atoms with Crippen molar-refractivity contribution in [3.8, 4) is 0 Å². The third kappa shape index (κ3) is 2.50. The number of epoxide rings is 1. The second kappa shape index (κ2) is 7.20. The highest BCUT2D eigenvalue weighted by molar-refractivity contribution is 5.93. The number of ether oxygens (including phenoxy) is 4. The topological polar surface area (TPSA) is 125 Å². The van der Waals surface area contributed by atoms with Crippen LogP contribution in [0.2, 0.25) is 0 Å². The minimum absolute atomic E-state index is 0.00559. The van der Waals surface area contributed by atoms with Gasteiger partial charge in [0.25, 0.3) is 0 Å². The van der Waals surface area contributed by atoms with E-state index < -0.39 is 57.7 Å². The summed E-state index contributed by atoms with van der Waals surface area (Å²) in [7, 11) is 1.33. The van der Waals surface area contributed by atoms with Gasteiger partial charge in [-0.3, -0.25) is 9.59 Å². The molecule has 0 amide bonds. The van der Waals surface area contributed by atoms with Crippen LogP contribution in [0.25, 0.3) is 0 Å². The predicted molar refractivity (Wildman–Crippen MR) is 122 cm³/mol. The quantitative estimate of drug-likeness (QED) is 0.489. The average molecular weight is 503 g/mol. The van der Waals surface area contributed by atoms with Crippen LogP contribution in [0.15, 0.2) is 23.0 Å². The van der Waals surface area contributed by atoms with Gasteiger partial charge in [0.1, 0.15) is 17.5 Å². The predicted octanol–water partition coefficient (Wildman–Crippen LogP) is 2.75. The summed E-state index contributed by atoms with van der Waals surface area (Å²) in [6.07, 6.45) is 2.31. The maximum absolute atomic E-state index is 14.3. The lowest BCUT2D eigenvalue weighted by atomic mass is 9.37. The fraction of sp³-hybridized carbons (Fsp3) is 0.741. The number of esters is 2. The van der Waals surface area contributed by atoms with Gasteiger partial charge >= 0.3 is 11.9 Å². The molecule has 6 rings (SSSR count). The van der Waals surface area contributed by atoms with Gasteiger partial charge in [-0.05, 0) is 45.6 Å². The molecule has 0 radical (unpaired) electrons. The molecule has 2 saturated carbocycles. The molecular formula is C27H34O9. The summed E-state index contributed by atoms with van der Waals surface area (Å²) in [5.74, 6) is -1.57. The molecule has 196 valence electrons. The number of Topliss-reactive ketones (excluding diaryl/α,β-unsaturated/α-hetero) is 1. The van der Waals surface area contributed by atoms with Crippen molar-refractivity contribution in [3.05, 3.63) is 24.2 Å². The summed E-state index contributed by atoms with van der Waals surface area (Å²) >= 11 is 0. The van der Waals surface area contributed by atoms with Crippen molar-refractivity contribution < 1.29 is 42.9 Å². The van der Waals surface area contributed by atoms with E-state index >= 15 is 0 Å². The molecule has 3 aliphatic heterocycles. The first-order valence-corrected chi connectivity index (χ1v) is 12.7. The number of aliphatic hydroxyl groups is 1. The Labute approximate surface area is 209 Å². The molecule has 1 spiro atoms. The number of methoxy groups -OCH3 is 1. The van der Waals surface area contributed by atoms with Crippen LogP contribution in [0.1, 0.15) is 65.0 Å². The molecule has 0 aromatic carbocycles. The molecular weight excluding hydrogens is 468 g/mol. The number of hydrogen-bond acceptors (Lipinski definition) is 9. The van der Waals surface area contributed by atoms with E-state index in [0.717, 1.165) is 5.56 Å². The summed E-state index contributed by atoms with van der Waals surface area (Å²) < 4.78 is 29.0. The smallest absolute Gasteiger partial charge is 0.339 e. The van der Waals surface area contributed by atoms with Crippen molar-refractivity contribution in [2.24, 2.45) is 28.1 Å². The van der Waals surface area contributed by atoms with Crippen molar-refractivity contribution in [1.29, 1.82) is 0 Å². The van der Waals surface area contributed by atoms with Crippen LogP contribution in [0.3, 0.4) is 0 Å². The molecule has 9 nitrogen and oxygen atoms in total. The Kier molecular flexibility index (Phi) is 4.83. The van der Waals surface area contributed by atoms with Gasteiger partial charge in [-0.1, -0.05) is 6.92 Å². The number of furan rings is 1. The minimum Gasteiger partial charge on any atom is -0.472 e. The normalized spacial score (nSPS) is 48.2. The van der Waals surface area contributed by atoms with Crippen molar-refractivity contribution in [3.63, 3.8) is 0 Å². The van der Waals surface area contributed by atoms with Crippen molar-refractivity contribution in [2.75, 3.05) is 13.7 Å². The molecule has 9 atom stereocenters. The van der Waals surface area contributed by atoms with Gasteiger partial charge in [0, 0.05) is 28.7 Å². The Bertz CT molecular complexity index is 1130. The highest BCUT2D eigenvalue weighted by atomic mass is 16.7. The highest BCUT2D eigenvalue weighted by Gasteiger charge is 2.89. The van der Waals surface area contributed by atoms with Crippen LogP contribution in [0.4, 0.5) is 0 Å². The maximum Gasteiger partial charge on any atom is 0.339 e. The van der Waals surface area contributed by atoms with E-state index in [-0.39, 0.29) is 37.1 Å². The zero-order valence-corrected chi connectivity index (χ0v) is 21.4. The lowest BCUT2D eigenvalue weighted by Gasteiger charge is -2.64. The number of hydrogen-bond donors (Lipinski definition) is 1. The van der Waals surface area contributed by atoms with Gasteiger partial charge in [0.2, 0.25) is 0 Å². The number of cyclic esters (lactones) is 1. The third-order valence-electron chi connectivity index (χ3n) is 10.8. The summed E-state index contributed by atoms with van der Waals surface area (Å²) in [5, 5.41) is 11.1. The standard InChI is InChI=1S/C27H34O9/c1-23(2)16-10-17(29)25(4)15(26(16,13-28)18(35-23)11-19(30)32-5)6-8-24(3)20(14-7-9-33-12-14)34-22(31)21-27(24,25)36-21/h7,9,12,15-16,18,20-21,28H,6,8,10-11,13H2,1-5H3/t15-,16-,18-,20-,21+,24-,25-,26+,27+/m0/s1. The Morgan fingerprint density at radius 3 is 2.53 bits per heavy atom. The molecule has 3 saturated heterocycles. The first kappa shape index (κ1) is 24.1. The van der Waals surface area contributed by atoms with Gasteiger partial charge < -0.3 is 28.5 Å². The van der Waals surface area contributed by atoms with E-state index in [0.29, 0.717) is 12.8 Å². The Hall–Kier alpha value is -2.23. The summed E-state index contributed by atoms with van der Waals surface area (Å²) in [6.45, 7) is 7.53. The number of carbonyl (C=O) groups excluding carboxylic acids is 3. The first-order valence-electron chi connectivity index (χ1n) is 12.7. The molecule has 36 heavy (non-hydrogen) atoms. The van der Waals surface area contributed by atoms with Crippen molar-refractivity contribution >= 4 is 17.7 Å². The van der Waals surface area contributed by atoms with Crippen LogP contribution in [-0.2, 0) is 33.3 Å². The van der Waals surface area contributed by atoms with E-state index in [2.05, 4.69) is 0 Å². The van der Waals surface area contributed by atoms with Crippen LogP contribution in [0, 0.1) is 28.1 Å². The molecule has 0 bridgehead atoms. The molecule has 9 heteroatoms. The Morgan fingerprint density at radius 1 is 1.14 bits per heavy atom. The number of carbonyl (C=O) groups is 3. The van der Waals surface area contributed by atoms with E-state index in [4.69, 9.17) is 23.4 Å². The number of rotatable bonds is 4. The monoisotopic (exact) mass is 502 g/mol. The molecule has 5 aliphatic rings. The lowest BCUT2D eigenvalue weighted by Crippen LogP contribution is -2.72. The van der Waals surface area contributed by atoms with E-state index in [1.165, 1.54) is 7.11 Å². The van der Waals surface area contributed by atoms with Gasteiger partial charge in [0.05, 0.1) is 49.8 Å². The highest BCUT2D eigenvalue weighted by Crippen LogP contribution is 2.79. The summed E-state index contributed by atoms with van der Waals surface area (Å²) in [4.78, 5) is 39.9. The van der Waals surface area contributed by atoms with Crippen molar-refractivity contribution in [1.82, 2.24) is 0 Å².